The number of alkyl halides is 3. The number of ether oxygens (including phenoxy) is 2. The van der Waals surface area contributed by atoms with E-state index in [9.17, 15) is 22.8 Å². The highest BCUT2D eigenvalue weighted by Gasteiger charge is 2.34. The summed E-state index contributed by atoms with van der Waals surface area (Å²) in [6.45, 7) is 6.88. The fraction of sp³-hybridized carbons (Fsp3) is 0.389. The molecule has 2 fully saturated rings. The van der Waals surface area contributed by atoms with Crippen LogP contribution in [0.3, 0.4) is 0 Å². The second-order valence-electron chi connectivity index (χ2n) is 12.2. The molecule has 0 saturated carbocycles. The van der Waals surface area contributed by atoms with Crippen molar-refractivity contribution >= 4 is 12.2 Å². The van der Waals surface area contributed by atoms with E-state index in [1.807, 2.05) is 30.3 Å². The zero-order valence-electron chi connectivity index (χ0n) is 28.9. The number of carbonyl (C=O) groups is 2. The van der Waals surface area contributed by atoms with E-state index in [-0.39, 0.29) is 18.5 Å². The second-order valence-corrected chi connectivity index (χ2v) is 12.2. The fourth-order valence-electron chi connectivity index (χ4n) is 5.78. The Labute approximate surface area is 304 Å². The van der Waals surface area contributed by atoms with Crippen LogP contribution in [-0.4, -0.2) is 129 Å². The Morgan fingerprint density at radius 3 is 2.23 bits per heavy atom. The number of benzene rings is 2. The monoisotopic (exact) mass is 741 g/mol. The Bertz CT molecular complexity index is 1690. The van der Waals surface area contributed by atoms with E-state index in [1.54, 1.807) is 29.3 Å². The zero-order valence-corrected chi connectivity index (χ0v) is 28.9. The van der Waals surface area contributed by atoms with E-state index in [1.165, 1.54) is 22.7 Å². The Kier molecular flexibility index (Phi) is 14.0. The van der Waals surface area contributed by atoms with Crippen molar-refractivity contribution in [3.05, 3.63) is 108 Å². The Balaban J connectivity index is 0.000000303. The van der Waals surface area contributed by atoms with Crippen LogP contribution in [0.2, 0.25) is 0 Å². The van der Waals surface area contributed by atoms with E-state index < -0.39 is 23.9 Å². The number of halogens is 3. The first-order chi connectivity index (χ1) is 25.6. The van der Waals surface area contributed by atoms with E-state index >= 15 is 0 Å². The van der Waals surface area contributed by atoms with Gasteiger partial charge in [-0.15, -0.1) is 5.10 Å². The molecule has 2 aromatic heterocycles. The number of carboxylic acid groups (broad SMARTS) is 1. The molecule has 0 bridgehead atoms. The highest BCUT2D eigenvalue weighted by atomic mass is 19.4. The van der Waals surface area contributed by atoms with Crippen molar-refractivity contribution in [2.45, 2.75) is 18.8 Å². The number of carbonyl (C=O) groups excluding carboxylic acids is 1. The molecular weight excluding hydrogens is 699 g/mol. The summed E-state index contributed by atoms with van der Waals surface area (Å²) in [6.07, 6.45) is -2.03. The number of hydrogen-bond donors (Lipinski definition) is 2. The molecule has 0 aliphatic carbocycles. The third-order valence-corrected chi connectivity index (χ3v) is 8.58. The number of aliphatic hydroxyl groups is 1. The Morgan fingerprint density at radius 1 is 0.868 bits per heavy atom. The van der Waals surface area contributed by atoms with Gasteiger partial charge in [0, 0.05) is 71.2 Å². The second kappa shape index (κ2) is 19.0. The van der Waals surface area contributed by atoms with Gasteiger partial charge in [0.25, 0.3) is 0 Å². The third-order valence-electron chi connectivity index (χ3n) is 8.58. The quantitative estimate of drug-likeness (QED) is 0.210. The van der Waals surface area contributed by atoms with Gasteiger partial charge in [-0.3, -0.25) is 19.5 Å². The molecular formula is C36H42F3N7O7. The van der Waals surface area contributed by atoms with Gasteiger partial charge in [0.05, 0.1) is 43.8 Å². The van der Waals surface area contributed by atoms with Gasteiger partial charge in [-0.2, -0.15) is 13.2 Å². The molecule has 2 N–H and O–H groups in total. The van der Waals surface area contributed by atoms with Crippen molar-refractivity contribution in [1.29, 1.82) is 0 Å². The number of rotatable bonds is 11. The minimum atomic E-state index is -4.47. The molecule has 2 aromatic carbocycles. The average molecular weight is 742 g/mol. The van der Waals surface area contributed by atoms with Gasteiger partial charge >= 0.3 is 18.4 Å². The van der Waals surface area contributed by atoms with E-state index in [0.717, 1.165) is 48.9 Å². The van der Waals surface area contributed by atoms with E-state index in [4.69, 9.17) is 24.5 Å². The zero-order chi connectivity index (χ0) is 37.6. The molecule has 2 saturated heterocycles. The van der Waals surface area contributed by atoms with Gasteiger partial charge in [-0.05, 0) is 35.4 Å². The minimum absolute atomic E-state index is 0.0434. The lowest BCUT2D eigenvalue weighted by Crippen LogP contribution is -2.52. The summed E-state index contributed by atoms with van der Waals surface area (Å²) in [5.41, 5.74) is 1.18. The van der Waals surface area contributed by atoms with Crippen LogP contribution in [0.1, 0.15) is 22.7 Å². The molecule has 4 aromatic rings. The molecule has 6 rings (SSSR count). The lowest BCUT2D eigenvalue weighted by molar-refractivity contribution is -0.137. The number of amides is 2. The van der Waals surface area contributed by atoms with Gasteiger partial charge in [0.1, 0.15) is 5.75 Å². The van der Waals surface area contributed by atoms with Crippen LogP contribution in [0.25, 0.3) is 0 Å². The smallest absolute Gasteiger partial charge is 0.436 e. The number of pyridine rings is 1. The summed E-state index contributed by atoms with van der Waals surface area (Å²) in [5.74, 6) is 0.450. The number of hydrogen-bond acceptors (Lipinski definition) is 10. The highest BCUT2D eigenvalue weighted by Crippen LogP contribution is 2.32. The summed E-state index contributed by atoms with van der Waals surface area (Å²) in [5, 5.41) is 21.2. The first kappa shape index (κ1) is 39.0. The van der Waals surface area contributed by atoms with Crippen molar-refractivity contribution in [1.82, 2.24) is 34.5 Å². The topological polar surface area (TPSA) is 146 Å². The molecule has 2 amide bonds. The molecule has 14 nitrogen and oxygen atoms in total. The molecule has 1 atom stereocenters. The Morgan fingerprint density at radius 2 is 1.60 bits per heavy atom. The van der Waals surface area contributed by atoms with Crippen LogP contribution in [0.4, 0.5) is 22.8 Å². The largest absolute Gasteiger partial charge is 0.465 e. The summed E-state index contributed by atoms with van der Waals surface area (Å²) in [7, 11) is 0. The van der Waals surface area contributed by atoms with E-state index in [2.05, 4.69) is 32.0 Å². The Hall–Kier alpha value is -5.23. The maximum atomic E-state index is 13.0. The normalized spacial score (nSPS) is 16.8. The van der Waals surface area contributed by atoms with Crippen molar-refractivity contribution < 1.29 is 47.3 Å². The van der Waals surface area contributed by atoms with Gasteiger partial charge in [0.2, 0.25) is 5.88 Å². The van der Waals surface area contributed by atoms with Crippen LogP contribution < -0.4 is 9.57 Å². The molecule has 17 heteroatoms. The van der Waals surface area contributed by atoms with Gasteiger partial charge in [0.15, 0.2) is 0 Å². The molecule has 0 radical (unpaired) electrons. The van der Waals surface area contributed by atoms with Crippen molar-refractivity contribution in [2.24, 2.45) is 0 Å². The first-order valence-electron chi connectivity index (χ1n) is 17.0. The third kappa shape index (κ3) is 11.9. The van der Waals surface area contributed by atoms with Crippen LogP contribution in [-0.2, 0) is 17.5 Å². The number of aromatic nitrogens is 3. The summed E-state index contributed by atoms with van der Waals surface area (Å²) in [4.78, 5) is 41.4. The van der Waals surface area contributed by atoms with Crippen LogP contribution in [0.5, 0.6) is 11.6 Å². The summed E-state index contributed by atoms with van der Waals surface area (Å²) < 4.78 is 49.1. The molecule has 0 spiro atoms. The van der Waals surface area contributed by atoms with Gasteiger partial charge < -0.3 is 24.6 Å². The number of piperazine rings is 2. The van der Waals surface area contributed by atoms with Crippen molar-refractivity contribution in [2.75, 3.05) is 72.2 Å². The summed E-state index contributed by atoms with van der Waals surface area (Å²) in [6, 6.07) is 20.6. The van der Waals surface area contributed by atoms with Gasteiger partial charge in [-0.1, -0.05) is 47.3 Å². The van der Waals surface area contributed by atoms with Gasteiger partial charge in [-0.25, -0.2) is 14.6 Å². The highest BCUT2D eigenvalue weighted by molar-refractivity contribution is 5.69. The molecule has 1 unspecified atom stereocenters. The number of aliphatic hydroxyl groups excluding tert-OH is 1. The SMILES string of the molecule is O=C(O)N1CCN(CCOCCO)CC1.O=C(On1cccn1)N1CCN(Cc2ccccc2)CC1c1ccc(Oc2ccc(C(F)(F)F)cn2)cc1. The molecule has 53 heavy (non-hydrogen) atoms. The van der Waals surface area contributed by atoms with Crippen LogP contribution >= 0.6 is 0 Å². The van der Waals surface area contributed by atoms with Crippen LogP contribution in [0, 0.1) is 0 Å². The standard InChI is InChI=1S/C27H24F3N5O3.C9H18N2O4/c28-27(29,30)22-9-12-25(31-17-22)37-23-10-7-21(8-11-23)24-19-33(18-20-5-2-1-3-6-20)15-16-34(24)26(36)38-35-14-4-13-32-35;12-6-8-15-7-5-10-1-3-11(4-2-10)9(13)14/h1-14,17,24H,15-16,18-19H2;12H,1-8H2,(H,13,14). The number of nitrogens with zero attached hydrogens (tertiary/aromatic N) is 7. The maximum Gasteiger partial charge on any atom is 0.436 e. The average Bonchev–Trinajstić information content (AvgIpc) is 3.67. The first-order valence-corrected chi connectivity index (χ1v) is 17.0. The summed E-state index contributed by atoms with van der Waals surface area (Å²) >= 11 is 0. The predicted octanol–water partition coefficient (Wildman–Crippen LogP) is 4.49. The maximum absolute atomic E-state index is 13.0. The lowest BCUT2D eigenvalue weighted by atomic mass is 10.0. The van der Waals surface area contributed by atoms with Crippen LogP contribution in [0.15, 0.2) is 91.4 Å². The van der Waals surface area contributed by atoms with Crippen molar-refractivity contribution in [3.63, 3.8) is 0 Å². The predicted molar refractivity (Wildman–Crippen MR) is 185 cm³/mol. The molecule has 4 heterocycles. The molecule has 284 valence electrons. The van der Waals surface area contributed by atoms with E-state index in [0.29, 0.717) is 51.7 Å². The molecule has 2 aliphatic heterocycles. The minimum Gasteiger partial charge on any atom is -0.465 e. The van der Waals surface area contributed by atoms with Crippen molar-refractivity contribution in [3.8, 4) is 11.6 Å². The fourth-order valence-corrected chi connectivity index (χ4v) is 5.78. The molecule has 2 aliphatic rings. The lowest BCUT2D eigenvalue weighted by Gasteiger charge is -2.40.